The first kappa shape index (κ1) is 19.6. The molecule has 1 fully saturated rings. The summed E-state index contributed by atoms with van der Waals surface area (Å²) in [4.78, 5) is 6.79. The predicted octanol–water partition coefficient (Wildman–Crippen LogP) is 3.50. The Kier molecular flexibility index (Phi) is 8.04. The maximum absolute atomic E-state index is 4.32. The number of aliphatic imine (C=N–C) groups is 1. The smallest absolute Gasteiger partial charge is 0.191 e. The number of anilines is 1. The summed E-state index contributed by atoms with van der Waals surface area (Å²) in [6.07, 6.45) is 1.22. The minimum absolute atomic E-state index is 0. The molecule has 2 aromatic carbocycles. The Balaban J connectivity index is 0.00000225. The third kappa shape index (κ3) is 5.92. The minimum Gasteiger partial charge on any atom is -0.371 e. The van der Waals surface area contributed by atoms with E-state index in [0.29, 0.717) is 5.92 Å². The highest BCUT2D eigenvalue weighted by molar-refractivity contribution is 14.0. The normalized spacial score (nSPS) is 17.1. The lowest BCUT2D eigenvalue weighted by Gasteiger charge is -2.19. The Bertz CT molecular complexity index is 645. The van der Waals surface area contributed by atoms with Crippen LogP contribution in [0.5, 0.6) is 0 Å². The van der Waals surface area contributed by atoms with Gasteiger partial charge < -0.3 is 15.5 Å². The maximum atomic E-state index is 4.32. The Morgan fingerprint density at radius 2 is 1.72 bits per heavy atom. The van der Waals surface area contributed by atoms with Crippen molar-refractivity contribution >= 4 is 35.6 Å². The van der Waals surface area contributed by atoms with Gasteiger partial charge in [0.15, 0.2) is 5.96 Å². The van der Waals surface area contributed by atoms with Gasteiger partial charge in [-0.1, -0.05) is 48.5 Å². The molecule has 25 heavy (non-hydrogen) atoms. The van der Waals surface area contributed by atoms with Gasteiger partial charge in [0, 0.05) is 38.9 Å². The zero-order valence-corrected chi connectivity index (χ0v) is 17.0. The number of guanidine groups is 1. The number of rotatable bonds is 5. The van der Waals surface area contributed by atoms with Gasteiger partial charge >= 0.3 is 0 Å². The van der Waals surface area contributed by atoms with Gasteiger partial charge in [0.25, 0.3) is 0 Å². The first-order valence-corrected chi connectivity index (χ1v) is 8.63. The molecule has 1 saturated heterocycles. The Morgan fingerprint density at radius 1 is 1.04 bits per heavy atom. The second-order valence-corrected chi connectivity index (χ2v) is 6.23. The Hall–Kier alpha value is -1.76. The number of halogens is 1. The molecule has 134 valence electrons. The van der Waals surface area contributed by atoms with E-state index in [-0.39, 0.29) is 24.0 Å². The monoisotopic (exact) mass is 450 g/mol. The topological polar surface area (TPSA) is 39.7 Å². The van der Waals surface area contributed by atoms with Gasteiger partial charge in [0.1, 0.15) is 0 Å². The maximum Gasteiger partial charge on any atom is 0.191 e. The lowest BCUT2D eigenvalue weighted by Crippen LogP contribution is -2.39. The van der Waals surface area contributed by atoms with Crippen molar-refractivity contribution in [3.8, 4) is 0 Å². The van der Waals surface area contributed by atoms with Crippen LogP contribution in [-0.2, 0) is 6.54 Å². The molecule has 1 atom stereocenters. The first-order valence-electron chi connectivity index (χ1n) is 8.63. The summed E-state index contributed by atoms with van der Waals surface area (Å²) < 4.78 is 0. The molecular weight excluding hydrogens is 423 g/mol. The van der Waals surface area contributed by atoms with Crippen LogP contribution in [0.25, 0.3) is 0 Å². The van der Waals surface area contributed by atoms with Gasteiger partial charge in [-0.05, 0) is 30.0 Å². The predicted molar refractivity (Wildman–Crippen MR) is 117 cm³/mol. The quantitative estimate of drug-likeness (QED) is 0.416. The van der Waals surface area contributed by atoms with E-state index in [4.69, 9.17) is 0 Å². The Morgan fingerprint density at radius 3 is 2.40 bits per heavy atom. The summed E-state index contributed by atoms with van der Waals surface area (Å²) in [5.74, 6) is 1.53. The van der Waals surface area contributed by atoms with Crippen LogP contribution in [0.1, 0.15) is 12.0 Å². The molecule has 0 bridgehead atoms. The van der Waals surface area contributed by atoms with Gasteiger partial charge in [-0.3, -0.25) is 4.99 Å². The third-order valence-corrected chi connectivity index (χ3v) is 4.49. The fourth-order valence-electron chi connectivity index (χ4n) is 3.12. The van der Waals surface area contributed by atoms with Crippen molar-refractivity contribution in [2.45, 2.75) is 13.0 Å². The molecule has 0 radical (unpaired) electrons. The molecule has 1 aliphatic rings. The van der Waals surface area contributed by atoms with Crippen molar-refractivity contribution in [2.24, 2.45) is 10.9 Å². The van der Waals surface area contributed by atoms with Crippen molar-refractivity contribution in [3.63, 3.8) is 0 Å². The number of hydrogen-bond acceptors (Lipinski definition) is 2. The summed E-state index contributed by atoms with van der Waals surface area (Å²) in [6.45, 7) is 3.98. The molecule has 1 aliphatic heterocycles. The molecule has 2 N–H and O–H groups in total. The van der Waals surface area contributed by atoms with Crippen LogP contribution in [0.2, 0.25) is 0 Å². The summed E-state index contributed by atoms with van der Waals surface area (Å²) in [7, 11) is 1.82. The van der Waals surface area contributed by atoms with Gasteiger partial charge in [0.05, 0.1) is 0 Å². The molecule has 5 heteroatoms. The van der Waals surface area contributed by atoms with Crippen LogP contribution >= 0.6 is 24.0 Å². The van der Waals surface area contributed by atoms with Crippen LogP contribution in [0.15, 0.2) is 65.7 Å². The van der Waals surface area contributed by atoms with E-state index < -0.39 is 0 Å². The number of para-hydroxylation sites is 1. The molecular formula is C20H27IN4. The molecule has 1 heterocycles. The molecule has 4 nitrogen and oxygen atoms in total. The molecule has 0 amide bonds. The lowest BCUT2D eigenvalue weighted by molar-refractivity contribution is 0.565. The van der Waals surface area contributed by atoms with E-state index in [1.54, 1.807) is 0 Å². The van der Waals surface area contributed by atoms with Crippen molar-refractivity contribution in [1.82, 2.24) is 10.6 Å². The molecule has 3 rings (SSSR count). The summed E-state index contributed by atoms with van der Waals surface area (Å²) >= 11 is 0. The largest absolute Gasteiger partial charge is 0.371 e. The van der Waals surface area contributed by atoms with Crippen LogP contribution in [0.3, 0.4) is 0 Å². The van der Waals surface area contributed by atoms with E-state index in [0.717, 1.165) is 32.1 Å². The van der Waals surface area contributed by atoms with Gasteiger partial charge in [-0.15, -0.1) is 24.0 Å². The van der Waals surface area contributed by atoms with E-state index in [1.807, 2.05) is 13.1 Å². The lowest BCUT2D eigenvalue weighted by atomic mass is 10.1. The third-order valence-electron chi connectivity index (χ3n) is 4.49. The zero-order chi connectivity index (χ0) is 16.6. The number of hydrogen-bond donors (Lipinski definition) is 2. The average Bonchev–Trinajstić information content (AvgIpc) is 3.12. The fraction of sp³-hybridized carbons (Fsp3) is 0.350. The average molecular weight is 450 g/mol. The molecule has 0 spiro atoms. The summed E-state index contributed by atoms with van der Waals surface area (Å²) in [6, 6.07) is 21.1. The summed E-state index contributed by atoms with van der Waals surface area (Å²) in [5.41, 5.74) is 2.59. The molecule has 1 unspecified atom stereocenters. The highest BCUT2D eigenvalue weighted by atomic mass is 127. The van der Waals surface area contributed by atoms with Crippen molar-refractivity contribution in [3.05, 3.63) is 66.2 Å². The number of benzene rings is 2. The highest BCUT2D eigenvalue weighted by Gasteiger charge is 2.22. The van der Waals surface area contributed by atoms with Crippen molar-refractivity contribution in [2.75, 3.05) is 31.6 Å². The van der Waals surface area contributed by atoms with E-state index in [1.165, 1.54) is 17.7 Å². The van der Waals surface area contributed by atoms with Gasteiger partial charge in [0.2, 0.25) is 0 Å². The minimum atomic E-state index is 0. The van der Waals surface area contributed by atoms with Gasteiger partial charge in [-0.2, -0.15) is 0 Å². The Labute approximate surface area is 167 Å². The zero-order valence-electron chi connectivity index (χ0n) is 14.7. The van der Waals surface area contributed by atoms with E-state index in [2.05, 4.69) is 75.1 Å². The fourth-order valence-corrected chi connectivity index (χ4v) is 3.12. The SMILES string of the molecule is CN=C(NCc1ccccc1)NCC1CCN(c2ccccc2)C1.I. The van der Waals surface area contributed by atoms with E-state index >= 15 is 0 Å². The number of nitrogens with one attached hydrogen (secondary N) is 2. The van der Waals surface area contributed by atoms with Crippen LogP contribution in [0, 0.1) is 5.92 Å². The number of nitrogens with zero attached hydrogens (tertiary/aromatic N) is 2. The molecule has 0 aromatic heterocycles. The second kappa shape index (κ2) is 10.3. The van der Waals surface area contributed by atoms with Crippen LogP contribution < -0.4 is 15.5 Å². The standard InChI is InChI=1S/C20H26N4.HI/c1-21-20(22-14-17-8-4-2-5-9-17)23-15-18-12-13-24(16-18)19-10-6-3-7-11-19;/h2-11,18H,12-16H2,1H3,(H2,21,22,23);1H. The van der Waals surface area contributed by atoms with Crippen molar-refractivity contribution < 1.29 is 0 Å². The van der Waals surface area contributed by atoms with Crippen LogP contribution in [0.4, 0.5) is 5.69 Å². The molecule has 0 aliphatic carbocycles. The second-order valence-electron chi connectivity index (χ2n) is 6.23. The van der Waals surface area contributed by atoms with Crippen molar-refractivity contribution in [1.29, 1.82) is 0 Å². The first-order chi connectivity index (χ1) is 11.8. The summed E-state index contributed by atoms with van der Waals surface area (Å²) in [5, 5.41) is 6.84. The van der Waals surface area contributed by atoms with Crippen LogP contribution in [-0.4, -0.2) is 32.6 Å². The molecule has 2 aromatic rings. The molecule has 0 saturated carbocycles. The van der Waals surface area contributed by atoms with E-state index in [9.17, 15) is 0 Å². The van der Waals surface area contributed by atoms with Gasteiger partial charge in [-0.25, -0.2) is 0 Å². The highest BCUT2D eigenvalue weighted by Crippen LogP contribution is 2.22.